The Bertz CT molecular complexity index is 793. The largest absolute Gasteiger partial charge is 0.370 e. The minimum absolute atomic E-state index is 0.0681. The summed E-state index contributed by atoms with van der Waals surface area (Å²) in [6, 6.07) is 12.0. The number of aromatic nitrogens is 2. The van der Waals surface area contributed by atoms with Crippen LogP contribution < -0.4 is 10.6 Å². The molecule has 1 aliphatic rings. The van der Waals surface area contributed by atoms with Crippen LogP contribution in [-0.2, 0) is 16.3 Å². The van der Waals surface area contributed by atoms with Gasteiger partial charge in [0.1, 0.15) is 17.5 Å². The van der Waals surface area contributed by atoms with Crippen molar-refractivity contribution < 1.29 is 8.42 Å². The molecule has 7 heteroatoms. The van der Waals surface area contributed by atoms with Gasteiger partial charge in [0.25, 0.3) is 0 Å². The Kier molecular flexibility index (Phi) is 4.99. The molecule has 0 aliphatic carbocycles. The van der Waals surface area contributed by atoms with Gasteiger partial charge in [-0.15, -0.1) is 0 Å². The van der Waals surface area contributed by atoms with Crippen molar-refractivity contribution in [3.05, 3.63) is 47.8 Å². The van der Waals surface area contributed by atoms with Crippen LogP contribution in [0.4, 0.5) is 11.6 Å². The van der Waals surface area contributed by atoms with E-state index < -0.39 is 9.84 Å². The molecule has 24 heavy (non-hydrogen) atoms. The van der Waals surface area contributed by atoms with E-state index in [-0.39, 0.29) is 17.5 Å². The van der Waals surface area contributed by atoms with E-state index in [2.05, 4.69) is 32.7 Å². The van der Waals surface area contributed by atoms with E-state index in [1.54, 1.807) is 0 Å². The average Bonchev–Trinajstić information content (AvgIpc) is 2.86. The minimum Gasteiger partial charge on any atom is -0.370 e. The SMILES string of the molecule is Cc1nc(NCCc2ccccc2)cc(NC2CCS(=O)(=O)C2)n1. The Hall–Kier alpha value is -2.15. The highest BCUT2D eigenvalue weighted by Gasteiger charge is 2.28. The van der Waals surface area contributed by atoms with Crippen LogP contribution in [0.2, 0.25) is 0 Å². The van der Waals surface area contributed by atoms with Crippen molar-refractivity contribution in [1.82, 2.24) is 9.97 Å². The van der Waals surface area contributed by atoms with Crippen LogP contribution in [0.3, 0.4) is 0 Å². The van der Waals surface area contributed by atoms with Crippen LogP contribution in [-0.4, -0.2) is 42.5 Å². The lowest BCUT2D eigenvalue weighted by atomic mass is 10.1. The molecule has 0 bridgehead atoms. The summed E-state index contributed by atoms with van der Waals surface area (Å²) in [5.41, 5.74) is 1.27. The summed E-state index contributed by atoms with van der Waals surface area (Å²) in [5, 5.41) is 6.52. The molecule has 1 aliphatic heterocycles. The van der Waals surface area contributed by atoms with Gasteiger partial charge in [-0.25, -0.2) is 18.4 Å². The third kappa shape index (κ3) is 4.67. The Balaban J connectivity index is 1.59. The number of nitrogens with zero attached hydrogens (tertiary/aromatic N) is 2. The van der Waals surface area contributed by atoms with Gasteiger partial charge in [0.05, 0.1) is 11.5 Å². The number of nitrogens with one attached hydrogen (secondary N) is 2. The number of hydrogen-bond donors (Lipinski definition) is 2. The maximum atomic E-state index is 11.6. The first-order valence-electron chi connectivity index (χ1n) is 8.11. The molecule has 2 aromatic rings. The molecular weight excluding hydrogens is 324 g/mol. The van der Waals surface area contributed by atoms with Crippen molar-refractivity contribution in [2.75, 3.05) is 28.7 Å². The molecule has 3 rings (SSSR count). The van der Waals surface area contributed by atoms with Gasteiger partial charge < -0.3 is 10.6 Å². The summed E-state index contributed by atoms with van der Waals surface area (Å²) in [5.74, 6) is 2.50. The topological polar surface area (TPSA) is 84.0 Å². The highest BCUT2D eigenvalue weighted by molar-refractivity contribution is 7.91. The molecule has 2 N–H and O–H groups in total. The van der Waals surface area contributed by atoms with Gasteiger partial charge in [-0.3, -0.25) is 0 Å². The molecule has 1 aromatic carbocycles. The highest BCUT2D eigenvalue weighted by Crippen LogP contribution is 2.18. The number of benzene rings is 1. The Morgan fingerprint density at radius 1 is 1.17 bits per heavy atom. The standard InChI is InChI=1S/C17H22N4O2S/c1-13-19-16(18-9-7-14-5-3-2-4-6-14)11-17(20-13)21-15-8-10-24(22,23)12-15/h2-6,11,15H,7-10,12H2,1H3,(H2,18,19,20,21). The zero-order valence-electron chi connectivity index (χ0n) is 13.7. The maximum Gasteiger partial charge on any atom is 0.152 e. The molecule has 1 saturated heterocycles. The summed E-state index contributed by atoms with van der Waals surface area (Å²) < 4.78 is 23.1. The van der Waals surface area contributed by atoms with Gasteiger partial charge >= 0.3 is 0 Å². The number of rotatable bonds is 6. The van der Waals surface area contributed by atoms with Crippen molar-refractivity contribution in [3.63, 3.8) is 0 Å². The lowest BCUT2D eigenvalue weighted by Crippen LogP contribution is -2.21. The molecule has 0 saturated carbocycles. The summed E-state index contributed by atoms with van der Waals surface area (Å²) in [6.07, 6.45) is 1.54. The van der Waals surface area contributed by atoms with Crippen molar-refractivity contribution in [3.8, 4) is 0 Å². The number of aryl methyl sites for hydroxylation is 1. The first kappa shape index (κ1) is 16.7. The second-order valence-corrected chi connectivity index (χ2v) is 8.32. The van der Waals surface area contributed by atoms with E-state index in [1.807, 2.05) is 31.2 Å². The predicted octanol–water partition coefficient (Wildman–Crippen LogP) is 2.04. The summed E-state index contributed by atoms with van der Waals surface area (Å²) in [7, 11) is -2.90. The van der Waals surface area contributed by atoms with Crippen molar-refractivity contribution in [2.24, 2.45) is 0 Å². The molecule has 0 radical (unpaired) electrons. The van der Waals surface area contributed by atoms with Crippen LogP contribution in [0.25, 0.3) is 0 Å². The monoisotopic (exact) mass is 346 g/mol. The molecule has 2 heterocycles. The zero-order chi connectivity index (χ0) is 17.0. The fourth-order valence-electron chi connectivity index (χ4n) is 2.83. The van der Waals surface area contributed by atoms with Gasteiger partial charge in [0.2, 0.25) is 0 Å². The van der Waals surface area contributed by atoms with E-state index in [0.717, 1.165) is 18.8 Å². The third-order valence-electron chi connectivity index (χ3n) is 3.99. The van der Waals surface area contributed by atoms with E-state index in [9.17, 15) is 8.42 Å². The van der Waals surface area contributed by atoms with E-state index in [4.69, 9.17) is 0 Å². The minimum atomic E-state index is -2.90. The van der Waals surface area contributed by atoms with Gasteiger partial charge in [-0.1, -0.05) is 30.3 Å². The molecular formula is C17H22N4O2S. The quantitative estimate of drug-likeness (QED) is 0.833. The van der Waals surface area contributed by atoms with Crippen LogP contribution in [0.1, 0.15) is 17.8 Å². The van der Waals surface area contributed by atoms with Crippen LogP contribution in [0.5, 0.6) is 0 Å². The smallest absolute Gasteiger partial charge is 0.152 e. The molecule has 128 valence electrons. The van der Waals surface area contributed by atoms with Crippen LogP contribution >= 0.6 is 0 Å². The fourth-order valence-corrected chi connectivity index (χ4v) is 4.50. The first-order chi connectivity index (χ1) is 11.5. The second kappa shape index (κ2) is 7.17. The molecule has 0 spiro atoms. The van der Waals surface area contributed by atoms with E-state index in [1.165, 1.54) is 5.56 Å². The summed E-state index contributed by atoms with van der Waals surface area (Å²) >= 11 is 0. The molecule has 0 amide bonds. The lowest BCUT2D eigenvalue weighted by molar-refractivity contribution is 0.602. The Morgan fingerprint density at radius 3 is 2.62 bits per heavy atom. The van der Waals surface area contributed by atoms with Gasteiger partial charge in [0, 0.05) is 18.7 Å². The van der Waals surface area contributed by atoms with Gasteiger partial charge in [0.15, 0.2) is 9.84 Å². The molecule has 6 nitrogen and oxygen atoms in total. The van der Waals surface area contributed by atoms with E-state index >= 15 is 0 Å². The molecule has 1 fully saturated rings. The average molecular weight is 346 g/mol. The Labute approximate surface area is 142 Å². The van der Waals surface area contributed by atoms with Crippen molar-refractivity contribution in [1.29, 1.82) is 0 Å². The summed E-state index contributed by atoms with van der Waals surface area (Å²) in [6.45, 7) is 2.61. The summed E-state index contributed by atoms with van der Waals surface area (Å²) in [4.78, 5) is 8.74. The van der Waals surface area contributed by atoms with Crippen LogP contribution in [0, 0.1) is 6.92 Å². The number of sulfone groups is 1. The molecule has 1 atom stereocenters. The van der Waals surface area contributed by atoms with Crippen molar-refractivity contribution in [2.45, 2.75) is 25.8 Å². The van der Waals surface area contributed by atoms with E-state index in [0.29, 0.717) is 18.1 Å². The van der Waals surface area contributed by atoms with Crippen LogP contribution in [0.15, 0.2) is 36.4 Å². The predicted molar refractivity (Wildman–Crippen MR) is 96.1 cm³/mol. The highest BCUT2D eigenvalue weighted by atomic mass is 32.2. The molecule has 1 aromatic heterocycles. The second-order valence-electron chi connectivity index (χ2n) is 6.09. The molecule has 1 unspecified atom stereocenters. The fraction of sp³-hybridized carbons (Fsp3) is 0.412. The zero-order valence-corrected chi connectivity index (χ0v) is 14.5. The lowest BCUT2D eigenvalue weighted by Gasteiger charge is -2.13. The van der Waals surface area contributed by atoms with Gasteiger partial charge in [-0.2, -0.15) is 0 Å². The first-order valence-corrected chi connectivity index (χ1v) is 9.93. The number of hydrogen-bond acceptors (Lipinski definition) is 6. The third-order valence-corrected chi connectivity index (χ3v) is 5.75. The maximum absolute atomic E-state index is 11.6. The normalized spacial score (nSPS) is 19.1. The number of anilines is 2. The Morgan fingerprint density at radius 2 is 1.92 bits per heavy atom. The van der Waals surface area contributed by atoms with Crippen molar-refractivity contribution >= 4 is 21.5 Å². The van der Waals surface area contributed by atoms with Gasteiger partial charge in [-0.05, 0) is 25.3 Å².